The number of aryl methyl sites for hydroxylation is 1. The van der Waals surface area contributed by atoms with Crippen LogP contribution in [0.15, 0.2) is 12.1 Å². The van der Waals surface area contributed by atoms with Crippen LogP contribution < -0.4 is 0 Å². The van der Waals surface area contributed by atoms with Gasteiger partial charge in [-0.05, 0) is 36.8 Å². The molecule has 1 aliphatic rings. The van der Waals surface area contributed by atoms with Gasteiger partial charge in [-0.15, -0.1) is 0 Å². The van der Waals surface area contributed by atoms with E-state index in [0.29, 0.717) is 18.0 Å². The van der Waals surface area contributed by atoms with Crippen molar-refractivity contribution in [1.29, 1.82) is 0 Å². The number of nitrogens with zero attached hydrogens (tertiary/aromatic N) is 1. The maximum atomic E-state index is 12.4. The first kappa shape index (κ1) is 10.5. The normalized spacial score (nSPS) is 20.4. The molecule has 0 unspecified atom stereocenters. The molecule has 1 aliphatic carbocycles. The largest absolute Gasteiger partial charge is 0.433 e. The van der Waals surface area contributed by atoms with Crippen molar-refractivity contribution in [2.24, 2.45) is 0 Å². The van der Waals surface area contributed by atoms with E-state index in [2.05, 4.69) is 11.9 Å². The molecule has 0 aromatic carbocycles. The fraction of sp³-hybridized carbons (Fsp3) is 0.545. The van der Waals surface area contributed by atoms with Crippen molar-refractivity contribution in [3.05, 3.63) is 29.1 Å². The van der Waals surface area contributed by atoms with Crippen molar-refractivity contribution in [2.45, 2.75) is 38.3 Å². The Labute approximate surface area is 86.3 Å². The average Bonchev–Trinajstić information content (AvgIpc) is 2.58. The molecule has 1 atom stereocenters. The Kier molecular flexibility index (Phi) is 2.44. The van der Waals surface area contributed by atoms with E-state index in [1.165, 1.54) is 0 Å². The molecule has 4 heteroatoms. The lowest BCUT2D eigenvalue weighted by molar-refractivity contribution is -0.141. The van der Waals surface area contributed by atoms with E-state index in [0.717, 1.165) is 24.5 Å². The lowest BCUT2D eigenvalue weighted by Crippen LogP contribution is -2.09. The smallest absolute Gasteiger partial charge is 0.248 e. The van der Waals surface area contributed by atoms with Crippen LogP contribution >= 0.6 is 0 Å². The zero-order valence-corrected chi connectivity index (χ0v) is 8.43. The highest BCUT2D eigenvalue weighted by molar-refractivity contribution is 5.31. The number of alkyl halides is 3. The van der Waals surface area contributed by atoms with Crippen molar-refractivity contribution in [3.8, 4) is 0 Å². The molecule has 1 aromatic heterocycles. The van der Waals surface area contributed by atoms with Crippen molar-refractivity contribution in [2.75, 3.05) is 0 Å². The van der Waals surface area contributed by atoms with Gasteiger partial charge in [0.2, 0.25) is 0 Å². The fourth-order valence-corrected chi connectivity index (χ4v) is 2.13. The lowest BCUT2D eigenvalue weighted by Gasteiger charge is -2.10. The highest BCUT2D eigenvalue weighted by Crippen LogP contribution is 2.36. The molecule has 15 heavy (non-hydrogen) atoms. The van der Waals surface area contributed by atoms with Crippen LogP contribution in [-0.4, -0.2) is 4.98 Å². The third-order valence-electron chi connectivity index (χ3n) is 2.96. The number of rotatable bonds is 1. The number of pyridine rings is 1. The predicted octanol–water partition coefficient (Wildman–Crippen LogP) is 3.54. The summed E-state index contributed by atoms with van der Waals surface area (Å²) in [5.74, 6) is 0.398. The fourth-order valence-electron chi connectivity index (χ4n) is 2.13. The van der Waals surface area contributed by atoms with Crippen LogP contribution in [0.2, 0.25) is 0 Å². The molecule has 0 saturated heterocycles. The van der Waals surface area contributed by atoms with Crippen LogP contribution in [0.3, 0.4) is 0 Å². The van der Waals surface area contributed by atoms with Gasteiger partial charge in [-0.1, -0.05) is 13.0 Å². The minimum atomic E-state index is -4.32. The average molecular weight is 215 g/mol. The van der Waals surface area contributed by atoms with E-state index in [4.69, 9.17) is 0 Å². The van der Waals surface area contributed by atoms with E-state index < -0.39 is 11.9 Å². The summed E-state index contributed by atoms with van der Waals surface area (Å²) < 4.78 is 37.1. The van der Waals surface area contributed by atoms with Crippen LogP contribution in [0.1, 0.15) is 42.6 Å². The third kappa shape index (κ3) is 1.85. The Morgan fingerprint density at radius 3 is 2.73 bits per heavy atom. The van der Waals surface area contributed by atoms with Crippen LogP contribution in [0.5, 0.6) is 0 Å². The van der Waals surface area contributed by atoms with Gasteiger partial charge in [0, 0.05) is 5.69 Å². The van der Waals surface area contributed by atoms with Gasteiger partial charge >= 0.3 is 6.18 Å². The topological polar surface area (TPSA) is 12.9 Å². The second kappa shape index (κ2) is 3.51. The molecule has 1 aromatic rings. The first-order chi connectivity index (χ1) is 7.02. The third-order valence-corrected chi connectivity index (χ3v) is 2.96. The zero-order chi connectivity index (χ0) is 11.1. The van der Waals surface area contributed by atoms with Crippen LogP contribution in [0.25, 0.3) is 0 Å². The standard InChI is InChI=1S/C11H12F3N/c1-2-7-3-5-9-8(7)4-6-10(15-9)11(12,13)14/h4,6-7H,2-3,5H2,1H3/t7-/m1/s1. The van der Waals surface area contributed by atoms with E-state index in [-0.39, 0.29) is 0 Å². The number of aromatic nitrogens is 1. The molecule has 1 nitrogen and oxygen atoms in total. The quantitative estimate of drug-likeness (QED) is 0.698. The van der Waals surface area contributed by atoms with Crippen molar-refractivity contribution >= 4 is 0 Å². The molecular weight excluding hydrogens is 203 g/mol. The van der Waals surface area contributed by atoms with Crippen molar-refractivity contribution in [3.63, 3.8) is 0 Å². The highest BCUT2D eigenvalue weighted by Gasteiger charge is 2.34. The molecule has 2 rings (SSSR count). The van der Waals surface area contributed by atoms with Crippen molar-refractivity contribution in [1.82, 2.24) is 4.98 Å². The first-order valence-corrected chi connectivity index (χ1v) is 5.09. The second-order valence-corrected chi connectivity index (χ2v) is 3.87. The lowest BCUT2D eigenvalue weighted by atomic mass is 10.0. The summed E-state index contributed by atoms with van der Waals surface area (Å²) in [7, 11) is 0. The van der Waals surface area contributed by atoms with Gasteiger partial charge in [-0.25, -0.2) is 4.98 Å². The van der Waals surface area contributed by atoms with Crippen LogP contribution in [-0.2, 0) is 12.6 Å². The van der Waals surface area contributed by atoms with Gasteiger partial charge in [0.1, 0.15) is 5.69 Å². The van der Waals surface area contributed by atoms with Gasteiger partial charge in [0.15, 0.2) is 0 Å². The molecule has 1 heterocycles. The SMILES string of the molecule is CC[C@@H]1CCc2nc(C(F)(F)F)ccc21. The predicted molar refractivity (Wildman–Crippen MR) is 50.6 cm³/mol. The number of hydrogen-bond donors (Lipinski definition) is 0. The minimum Gasteiger partial charge on any atom is -0.248 e. The molecule has 0 spiro atoms. The monoisotopic (exact) mass is 215 g/mol. The summed E-state index contributed by atoms with van der Waals surface area (Å²) in [6.07, 6.45) is -1.74. The molecule has 0 saturated carbocycles. The van der Waals surface area contributed by atoms with E-state index in [1.54, 1.807) is 6.07 Å². The first-order valence-electron chi connectivity index (χ1n) is 5.09. The Morgan fingerprint density at radius 1 is 1.40 bits per heavy atom. The summed E-state index contributed by atoms with van der Waals surface area (Å²) in [6, 6.07) is 2.68. The zero-order valence-electron chi connectivity index (χ0n) is 8.43. The highest BCUT2D eigenvalue weighted by atomic mass is 19.4. The number of fused-ring (bicyclic) bond motifs is 1. The molecule has 0 bridgehead atoms. The second-order valence-electron chi connectivity index (χ2n) is 3.87. The van der Waals surface area contributed by atoms with Gasteiger partial charge in [0.05, 0.1) is 0 Å². The van der Waals surface area contributed by atoms with Gasteiger partial charge in [-0.2, -0.15) is 13.2 Å². The molecule has 0 amide bonds. The molecular formula is C11H12F3N. The molecule has 0 fully saturated rings. The Hall–Kier alpha value is -1.06. The molecule has 0 N–H and O–H groups in total. The number of halogens is 3. The van der Waals surface area contributed by atoms with Gasteiger partial charge in [-0.3, -0.25) is 0 Å². The maximum Gasteiger partial charge on any atom is 0.433 e. The summed E-state index contributed by atoms with van der Waals surface area (Å²) in [4.78, 5) is 3.70. The maximum absolute atomic E-state index is 12.4. The van der Waals surface area contributed by atoms with E-state index >= 15 is 0 Å². The molecule has 0 aliphatic heterocycles. The van der Waals surface area contributed by atoms with Gasteiger partial charge < -0.3 is 0 Å². The van der Waals surface area contributed by atoms with E-state index in [1.807, 2.05) is 0 Å². The van der Waals surface area contributed by atoms with Crippen LogP contribution in [0.4, 0.5) is 13.2 Å². The number of hydrogen-bond acceptors (Lipinski definition) is 1. The minimum absolute atomic E-state index is 0.398. The van der Waals surface area contributed by atoms with Gasteiger partial charge in [0.25, 0.3) is 0 Å². The Bertz CT molecular complexity index is 371. The Morgan fingerprint density at radius 2 is 2.13 bits per heavy atom. The Balaban J connectivity index is 2.37. The van der Waals surface area contributed by atoms with E-state index in [9.17, 15) is 13.2 Å². The van der Waals surface area contributed by atoms with Crippen LogP contribution in [0, 0.1) is 0 Å². The summed E-state index contributed by atoms with van der Waals surface area (Å²) in [6.45, 7) is 2.05. The molecule has 82 valence electrons. The summed E-state index contributed by atoms with van der Waals surface area (Å²) in [5, 5.41) is 0. The van der Waals surface area contributed by atoms with Crippen molar-refractivity contribution < 1.29 is 13.2 Å². The summed E-state index contributed by atoms with van der Waals surface area (Å²) >= 11 is 0. The summed E-state index contributed by atoms with van der Waals surface area (Å²) in [5.41, 5.74) is 0.875. The molecule has 0 radical (unpaired) electrons.